The average Bonchev–Trinajstić information content (AvgIpc) is 2.58. The van der Waals surface area contributed by atoms with Crippen molar-refractivity contribution in [1.29, 1.82) is 0 Å². The van der Waals surface area contributed by atoms with Gasteiger partial charge in [-0.3, -0.25) is 4.84 Å². The van der Waals surface area contributed by atoms with E-state index in [-0.39, 0.29) is 12.4 Å². The van der Waals surface area contributed by atoms with Crippen LogP contribution in [0.2, 0.25) is 0 Å². The lowest BCUT2D eigenvalue weighted by atomic mass is 10.1. The minimum atomic E-state index is -1.13. The molecule has 0 amide bonds. The van der Waals surface area contributed by atoms with Crippen molar-refractivity contribution in [1.82, 2.24) is 0 Å². The molecule has 2 aromatic rings. The first-order valence-corrected chi connectivity index (χ1v) is 4.29. The van der Waals surface area contributed by atoms with Crippen LogP contribution in [0.25, 0.3) is 11.0 Å². The zero-order valence-electron chi connectivity index (χ0n) is 7.77. The van der Waals surface area contributed by atoms with Crippen LogP contribution < -0.4 is 5.90 Å². The number of furan rings is 1. The van der Waals surface area contributed by atoms with Crippen molar-refractivity contribution >= 4 is 16.9 Å². The van der Waals surface area contributed by atoms with Crippen molar-refractivity contribution in [3.63, 3.8) is 0 Å². The minimum Gasteiger partial charge on any atom is -0.475 e. The Hall–Kier alpha value is -1.85. The molecule has 15 heavy (non-hydrogen) atoms. The first-order chi connectivity index (χ1) is 7.24. The van der Waals surface area contributed by atoms with Crippen molar-refractivity contribution in [3.8, 4) is 0 Å². The molecule has 0 aliphatic rings. The number of nitrogens with two attached hydrogens (primary N) is 1. The molecule has 78 valence electrons. The zero-order chi connectivity index (χ0) is 10.8. The largest absolute Gasteiger partial charge is 0.475 e. The number of para-hydroxylation sites is 1. The molecule has 1 heterocycles. The summed E-state index contributed by atoms with van der Waals surface area (Å²) in [4.78, 5) is 15.3. The quantitative estimate of drug-likeness (QED) is 0.745. The van der Waals surface area contributed by atoms with Gasteiger partial charge in [0.1, 0.15) is 5.58 Å². The summed E-state index contributed by atoms with van der Waals surface area (Å²) in [5.41, 5.74) is 0.975. The fourth-order valence-electron chi connectivity index (χ4n) is 1.50. The van der Waals surface area contributed by atoms with E-state index in [4.69, 9.17) is 15.4 Å². The van der Waals surface area contributed by atoms with Gasteiger partial charge in [0.25, 0.3) is 0 Å². The van der Waals surface area contributed by atoms with E-state index in [1.807, 2.05) is 0 Å². The molecule has 5 nitrogen and oxygen atoms in total. The van der Waals surface area contributed by atoms with Gasteiger partial charge in [-0.1, -0.05) is 18.2 Å². The monoisotopic (exact) mass is 207 g/mol. The van der Waals surface area contributed by atoms with Crippen LogP contribution in [0.3, 0.4) is 0 Å². The number of carboxylic acid groups (broad SMARTS) is 1. The summed E-state index contributed by atoms with van der Waals surface area (Å²) < 4.78 is 5.18. The van der Waals surface area contributed by atoms with Gasteiger partial charge in [-0.15, -0.1) is 0 Å². The Balaban J connectivity index is 2.68. The van der Waals surface area contributed by atoms with Gasteiger partial charge >= 0.3 is 5.97 Å². The van der Waals surface area contributed by atoms with E-state index >= 15 is 0 Å². The van der Waals surface area contributed by atoms with Crippen LogP contribution >= 0.6 is 0 Å². The van der Waals surface area contributed by atoms with Crippen molar-refractivity contribution in [3.05, 3.63) is 35.6 Å². The van der Waals surface area contributed by atoms with Crippen LogP contribution in [0.5, 0.6) is 0 Å². The van der Waals surface area contributed by atoms with Crippen molar-refractivity contribution < 1.29 is 19.2 Å². The first-order valence-electron chi connectivity index (χ1n) is 4.29. The van der Waals surface area contributed by atoms with Gasteiger partial charge in [-0.05, 0) is 6.07 Å². The van der Waals surface area contributed by atoms with Gasteiger partial charge in [0.2, 0.25) is 5.76 Å². The van der Waals surface area contributed by atoms with Gasteiger partial charge in [-0.25, -0.2) is 10.7 Å². The fraction of sp³-hybridized carbons (Fsp3) is 0.100. The molecule has 0 spiro atoms. The molecule has 0 aliphatic heterocycles. The predicted molar refractivity (Wildman–Crippen MR) is 52.1 cm³/mol. The van der Waals surface area contributed by atoms with Crippen LogP contribution in [0.4, 0.5) is 0 Å². The first kappa shape index (κ1) is 9.70. The summed E-state index contributed by atoms with van der Waals surface area (Å²) in [6, 6.07) is 7.02. The SMILES string of the molecule is NOCc1c(C(=O)O)oc2ccccc12. The van der Waals surface area contributed by atoms with Gasteiger partial charge in [-0.2, -0.15) is 0 Å². The number of hydrogen-bond acceptors (Lipinski definition) is 4. The van der Waals surface area contributed by atoms with Gasteiger partial charge in [0.15, 0.2) is 0 Å². The summed E-state index contributed by atoms with van der Waals surface area (Å²) in [5.74, 6) is 3.70. The maximum absolute atomic E-state index is 10.9. The highest BCUT2D eigenvalue weighted by Gasteiger charge is 2.19. The normalized spacial score (nSPS) is 10.7. The summed E-state index contributed by atoms with van der Waals surface area (Å²) in [5, 5.41) is 9.61. The fourth-order valence-corrected chi connectivity index (χ4v) is 1.50. The number of carboxylic acids is 1. The third-order valence-corrected chi connectivity index (χ3v) is 2.12. The molecule has 5 heteroatoms. The molecule has 1 aromatic carbocycles. The predicted octanol–water partition coefficient (Wildman–Crippen LogP) is 1.52. The molecule has 0 radical (unpaired) electrons. The minimum absolute atomic E-state index is 0.0125. The van der Waals surface area contributed by atoms with Crippen molar-refractivity contribution in [2.45, 2.75) is 6.61 Å². The second-order valence-corrected chi connectivity index (χ2v) is 3.02. The lowest BCUT2D eigenvalue weighted by Gasteiger charge is -1.96. The summed E-state index contributed by atoms with van der Waals surface area (Å²) >= 11 is 0. The standard InChI is InChI=1S/C10H9NO4/c11-14-5-7-6-3-1-2-4-8(6)15-9(7)10(12)13/h1-4H,5,11H2,(H,12,13). The van der Waals surface area contributed by atoms with Gasteiger partial charge in [0.05, 0.1) is 6.61 Å². The lowest BCUT2D eigenvalue weighted by Crippen LogP contribution is -2.04. The third kappa shape index (κ3) is 1.58. The maximum Gasteiger partial charge on any atom is 0.372 e. The Morgan fingerprint density at radius 3 is 2.87 bits per heavy atom. The molecule has 0 aliphatic carbocycles. The highest BCUT2D eigenvalue weighted by molar-refractivity contribution is 5.94. The maximum atomic E-state index is 10.9. The Bertz CT molecular complexity index is 503. The number of fused-ring (bicyclic) bond motifs is 1. The van der Waals surface area contributed by atoms with Crippen LogP contribution in [0.15, 0.2) is 28.7 Å². The van der Waals surface area contributed by atoms with E-state index < -0.39 is 5.97 Å². The van der Waals surface area contributed by atoms with Crippen LogP contribution in [-0.4, -0.2) is 11.1 Å². The number of hydrogen-bond donors (Lipinski definition) is 2. The summed E-state index contributed by atoms with van der Waals surface area (Å²) in [6.45, 7) is 0.0125. The molecular formula is C10H9NO4. The Morgan fingerprint density at radius 2 is 2.20 bits per heavy atom. The van der Waals surface area contributed by atoms with Crippen LogP contribution in [0, 0.1) is 0 Å². The van der Waals surface area contributed by atoms with Crippen molar-refractivity contribution in [2.75, 3.05) is 0 Å². The van der Waals surface area contributed by atoms with Crippen LogP contribution in [0.1, 0.15) is 16.1 Å². The molecule has 0 unspecified atom stereocenters. The molecular weight excluding hydrogens is 198 g/mol. The van der Waals surface area contributed by atoms with E-state index in [1.165, 1.54) is 0 Å². The van der Waals surface area contributed by atoms with E-state index in [1.54, 1.807) is 24.3 Å². The molecule has 0 fully saturated rings. The topological polar surface area (TPSA) is 85.7 Å². The van der Waals surface area contributed by atoms with Gasteiger partial charge < -0.3 is 9.52 Å². The Morgan fingerprint density at radius 1 is 1.47 bits per heavy atom. The van der Waals surface area contributed by atoms with Crippen LogP contribution in [-0.2, 0) is 11.4 Å². The second-order valence-electron chi connectivity index (χ2n) is 3.02. The summed E-state index contributed by atoms with van der Waals surface area (Å²) in [7, 11) is 0. The zero-order valence-corrected chi connectivity index (χ0v) is 7.77. The molecule has 2 rings (SSSR count). The number of benzene rings is 1. The average molecular weight is 207 g/mol. The number of rotatable bonds is 3. The molecule has 1 aromatic heterocycles. The highest BCUT2D eigenvalue weighted by Crippen LogP contribution is 2.26. The van der Waals surface area contributed by atoms with Crippen molar-refractivity contribution in [2.24, 2.45) is 5.90 Å². The molecule has 3 N–H and O–H groups in total. The summed E-state index contributed by atoms with van der Waals surface area (Å²) in [6.07, 6.45) is 0. The molecule has 0 saturated heterocycles. The van der Waals surface area contributed by atoms with Gasteiger partial charge in [0, 0.05) is 10.9 Å². The lowest BCUT2D eigenvalue weighted by molar-refractivity contribution is 0.0653. The second kappa shape index (κ2) is 3.72. The van der Waals surface area contributed by atoms with E-state index in [9.17, 15) is 4.79 Å². The Kier molecular flexibility index (Phi) is 2.40. The molecule has 0 bridgehead atoms. The smallest absolute Gasteiger partial charge is 0.372 e. The van der Waals surface area contributed by atoms with E-state index in [0.29, 0.717) is 16.5 Å². The number of carbonyl (C=O) groups is 1. The van der Waals surface area contributed by atoms with E-state index in [2.05, 4.69) is 4.84 Å². The highest BCUT2D eigenvalue weighted by atomic mass is 16.6. The molecule has 0 saturated carbocycles. The molecule has 0 atom stereocenters. The van der Waals surface area contributed by atoms with E-state index in [0.717, 1.165) is 0 Å². The third-order valence-electron chi connectivity index (χ3n) is 2.12. The number of aromatic carboxylic acids is 1. The Labute approximate surface area is 85.0 Å².